The van der Waals surface area contributed by atoms with Gasteiger partial charge in [0.1, 0.15) is 0 Å². The Morgan fingerprint density at radius 1 is 1.12 bits per heavy atom. The standard InChI is InChI=1S/C19H21ClN2O3S/c1-3-21(4-2)26(24,25)17-9-10-18-15(13-17)11-12-22(18)19(23)14-5-7-16(20)8-6-14/h5-10,13H,3-4,11-12H2,1-2H3. The SMILES string of the molecule is CCN(CC)S(=O)(=O)c1ccc2c(c1)CCN2C(=O)c1ccc(Cl)cc1. The van der Waals surface area contributed by atoms with Gasteiger partial charge in [-0.3, -0.25) is 4.79 Å². The lowest BCUT2D eigenvalue weighted by Crippen LogP contribution is -2.30. The molecule has 0 spiro atoms. The van der Waals surface area contributed by atoms with Gasteiger partial charge in [0.15, 0.2) is 0 Å². The number of fused-ring (bicyclic) bond motifs is 1. The van der Waals surface area contributed by atoms with E-state index in [9.17, 15) is 13.2 Å². The van der Waals surface area contributed by atoms with Crippen LogP contribution in [-0.4, -0.2) is 38.3 Å². The van der Waals surface area contributed by atoms with Crippen molar-refractivity contribution in [2.24, 2.45) is 0 Å². The highest BCUT2D eigenvalue weighted by atomic mass is 35.5. The Labute approximate surface area is 159 Å². The third kappa shape index (κ3) is 3.37. The molecule has 0 saturated heterocycles. The van der Waals surface area contributed by atoms with Crippen molar-refractivity contribution in [2.75, 3.05) is 24.5 Å². The first-order valence-electron chi connectivity index (χ1n) is 8.59. The maximum Gasteiger partial charge on any atom is 0.258 e. The van der Waals surface area contributed by atoms with Crippen molar-refractivity contribution in [2.45, 2.75) is 25.2 Å². The third-order valence-electron chi connectivity index (χ3n) is 4.63. The number of hydrogen-bond donors (Lipinski definition) is 0. The van der Waals surface area contributed by atoms with Crippen LogP contribution in [0.25, 0.3) is 0 Å². The van der Waals surface area contributed by atoms with Crippen LogP contribution in [0.15, 0.2) is 47.4 Å². The number of rotatable bonds is 5. The molecule has 0 unspecified atom stereocenters. The molecule has 1 aliphatic heterocycles. The highest BCUT2D eigenvalue weighted by molar-refractivity contribution is 7.89. The van der Waals surface area contributed by atoms with Crippen LogP contribution < -0.4 is 4.90 Å². The van der Waals surface area contributed by atoms with Crippen molar-refractivity contribution < 1.29 is 13.2 Å². The second-order valence-corrected chi connectivity index (χ2v) is 8.47. The van der Waals surface area contributed by atoms with Gasteiger partial charge in [-0.05, 0) is 54.4 Å². The highest BCUT2D eigenvalue weighted by Gasteiger charge is 2.28. The number of carbonyl (C=O) groups is 1. The molecule has 1 amide bonds. The average Bonchev–Trinajstić information content (AvgIpc) is 3.05. The van der Waals surface area contributed by atoms with Gasteiger partial charge in [0.2, 0.25) is 10.0 Å². The van der Waals surface area contributed by atoms with E-state index in [0.717, 1.165) is 11.3 Å². The molecule has 1 heterocycles. The van der Waals surface area contributed by atoms with Gasteiger partial charge in [0, 0.05) is 35.9 Å². The summed E-state index contributed by atoms with van der Waals surface area (Å²) < 4.78 is 26.8. The predicted octanol–water partition coefficient (Wildman–Crippen LogP) is 3.57. The Bertz CT molecular complexity index is 922. The number of amides is 1. The fourth-order valence-electron chi connectivity index (χ4n) is 3.21. The lowest BCUT2D eigenvalue weighted by Gasteiger charge is -2.20. The smallest absolute Gasteiger partial charge is 0.258 e. The van der Waals surface area contributed by atoms with Crippen LogP contribution in [0, 0.1) is 0 Å². The van der Waals surface area contributed by atoms with Crippen LogP contribution >= 0.6 is 11.6 Å². The maximum absolute atomic E-state index is 12.8. The van der Waals surface area contributed by atoms with Crippen LogP contribution in [0.3, 0.4) is 0 Å². The van der Waals surface area contributed by atoms with Gasteiger partial charge in [-0.25, -0.2) is 8.42 Å². The molecule has 2 aromatic carbocycles. The number of sulfonamides is 1. The van der Waals surface area contributed by atoms with Crippen molar-refractivity contribution in [3.63, 3.8) is 0 Å². The van der Waals surface area contributed by atoms with Gasteiger partial charge < -0.3 is 4.90 Å². The molecule has 1 aliphatic rings. The molecule has 0 saturated carbocycles. The summed E-state index contributed by atoms with van der Waals surface area (Å²) in [4.78, 5) is 14.7. The zero-order valence-corrected chi connectivity index (χ0v) is 16.3. The number of halogens is 1. The number of carbonyl (C=O) groups excluding carboxylic acids is 1. The van der Waals surface area contributed by atoms with Crippen molar-refractivity contribution in [1.82, 2.24) is 4.31 Å². The van der Waals surface area contributed by atoms with E-state index in [2.05, 4.69) is 0 Å². The van der Waals surface area contributed by atoms with E-state index in [-0.39, 0.29) is 10.8 Å². The van der Waals surface area contributed by atoms with Crippen molar-refractivity contribution in [3.8, 4) is 0 Å². The van der Waals surface area contributed by atoms with Gasteiger partial charge in [-0.15, -0.1) is 0 Å². The minimum atomic E-state index is -3.50. The topological polar surface area (TPSA) is 57.7 Å². The summed E-state index contributed by atoms with van der Waals surface area (Å²) in [5.74, 6) is -0.111. The third-order valence-corrected chi connectivity index (χ3v) is 6.92. The molecule has 5 nitrogen and oxygen atoms in total. The fraction of sp³-hybridized carbons (Fsp3) is 0.316. The molecule has 0 radical (unpaired) electrons. The molecule has 0 fully saturated rings. The predicted molar refractivity (Wildman–Crippen MR) is 103 cm³/mol. The number of nitrogens with zero attached hydrogens (tertiary/aromatic N) is 2. The summed E-state index contributed by atoms with van der Waals surface area (Å²) >= 11 is 5.88. The van der Waals surface area contributed by atoms with Crippen LogP contribution in [0.1, 0.15) is 29.8 Å². The van der Waals surface area contributed by atoms with Gasteiger partial charge in [0.05, 0.1) is 4.90 Å². The monoisotopic (exact) mass is 392 g/mol. The summed E-state index contributed by atoms with van der Waals surface area (Å²) in [6.45, 7) is 5.03. The Morgan fingerprint density at radius 3 is 2.38 bits per heavy atom. The minimum absolute atomic E-state index is 0.111. The van der Waals surface area contributed by atoms with E-state index < -0.39 is 10.0 Å². The summed E-state index contributed by atoms with van der Waals surface area (Å²) in [5, 5.41) is 0.578. The van der Waals surface area contributed by atoms with E-state index in [1.54, 1.807) is 47.4 Å². The molecule has 0 bridgehead atoms. The van der Waals surface area contributed by atoms with Crippen LogP contribution in [0.5, 0.6) is 0 Å². The molecular formula is C19H21ClN2O3S. The second-order valence-electron chi connectivity index (χ2n) is 6.09. The zero-order chi connectivity index (χ0) is 18.9. The van der Waals surface area contributed by atoms with Crippen molar-refractivity contribution in [1.29, 1.82) is 0 Å². The number of benzene rings is 2. The zero-order valence-electron chi connectivity index (χ0n) is 14.8. The lowest BCUT2D eigenvalue weighted by atomic mass is 10.1. The lowest BCUT2D eigenvalue weighted by molar-refractivity contribution is 0.0989. The highest BCUT2D eigenvalue weighted by Crippen LogP contribution is 2.32. The van der Waals surface area contributed by atoms with E-state index in [1.165, 1.54) is 4.31 Å². The Kier molecular flexibility index (Phi) is 5.37. The normalized spacial score (nSPS) is 13.9. The van der Waals surface area contributed by atoms with E-state index >= 15 is 0 Å². The summed E-state index contributed by atoms with van der Waals surface area (Å²) in [6, 6.07) is 11.8. The number of hydrogen-bond acceptors (Lipinski definition) is 3. The van der Waals surface area contributed by atoms with Crippen LogP contribution in [-0.2, 0) is 16.4 Å². The summed E-state index contributed by atoms with van der Waals surface area (Å²) in [6.07, 6.45) is 0.635. The Hall–Kier alpha value is -1.89. The molecule has 2 aromatic rings. The molecule has 3 rings (SSSR count). The second kappa shape index (κ2) is 7.39. The molecule has 0 atom stereocenters. The molecule has 26 heavy (non-hydrogen) atoms. The molecule has 138 valence electrons. The Morgan fingerprint density at radius 2 is 1.77 bits per heavy atom. The molecule has 7 heteroatoms. The molecule has 0 N–H and O–H groups in total. The van der Waals surface area contributed by atoms with Crippen LogP contribution in [0.2, 0.25) is 5.02 Å². The van der Waals surface area contributed by atoms with E-state index in [0.29, 0.717) is 36.6 Å². The van der Waals surface area contributed by atoms with Crippen LogP contribution in [0.4, 0.5) is 5.69 Å². The minimum Gasteiger partial charge on any atom is -0.308 e. The average molecular weight is 393 g/mol. The quantitative estimate of drug-likeness (QED) is 0.781. The number of anilines is 1. The molecular weight excluding hydrogens is 372 g/mol. The van der Waals surface area contributed by atoms with Gasteiger partial charge >= 0.3 is 0 Å². The van der Waals surface area contributed by atoms with Crippen molar-refractivity contribution in [3.05, 3.63) is 58.6 Å². The Balaban J connectivity index is 1.91. The fourth-order valence-corrected chi connectivity index (χ4v) is 4.85. The summed E-state index contributed by atoms with van der Waals surface area (Å²) in [5.41, 5.74) is 2.20. The first kappa shape index (κ1) is 18.9. The molecule has 0 aliphatic carbocycles. The van der Waals surface area contributed by atoms with Crippen molar-refractivity contribution >= 4 is 33.2 Å². The van der Waals surface area contributed by atoms with Gasteiger partial charge in [-0.1, -0.05) is 25.4 Å². The van der Waals surface area contributed by atoms with E-state index in [4.69, 9.17) is 11.6 Å². The summed E-state index contributed by atoms with van der Waals surface area (Å²) in [7, 11) is -3.50. The first-order chi connectivity index (χ1) is 12.4. The largest absolute Gasteiger partial charge is 0.308 e. The van der Waals surface area contributed by atoms with Gasteiger partial charge in [-0.2, -0.15) is 4.31 Å². The maximum atomic E-state index is 12.8. The van der Waals surface area contributed by atoms with Gasteiger partial charge in [0.25, 0.3) is 5.91 Å². The van der Waals surface area contributed by atoms with E-state index in [1.807, 2.05) is 13.8 Å². The molecule has 0 aromatic heterocycles. The first-order valence-corrected chi connectivity index (χ1v) is 10.4.